The highest BCUT2D eigenvalue weighted by atomic mass is 79.9. The number of benzene rings is 2. The standard InChI is InChI=1S/C15H10Br2ClN3/c16-10-5-9(6-11(17)7-10)14-13(15(19)21-20-14)8-1-3-12(18)4-2-8/h1-7H,(H3,19,20,21). The van der Waals surface area contributed by atoms with Crippen molar-refractivity contribution >= 4 is 49.3 Å². The van der Waals surface area contributed by atoms with Crippen molar-refractivity contribution in [1.82, 2.24) is 10.2 Å². The van der Waals surface area contributed by atoms with Crippen molar-refractivity contribution < 1.29 is 0 Å². The van der Waals surface area contributed by atoms with Crippen LogP contribution >= 0.6 is 43.5 Å². The molecule has 0 atom stereocenters. The SMILES string of the molecule is Nc1n[nH]c(-c2cc(Br)cc(Br)c2)c1-c1ccc(Cl)cc1. The Bertz CT molecular complexity index is 777. The molecule has 1 heterocycles. The molecule has 0 aliphatic heterocycles. The first kappa shape index (κ1) is 14.6. The number of anilines is 1. The molecule has 0 unspecified atom stereocenters. The molecule has 2 aromatic carbocycles. The van der Waals surface area contributed by atoms with Gasteiger partial charge >= 0.3 is 0 Å². The minimum Gasteiger partial charge on any atom is -0.382 e. The van der Waals surface area contributed by atoms with Gasteiger partial charge in [0, 0.05) is 19.5 Å². The number of nitrogen functional groups attached to an aromatic ring is 1. The largest absolute Gasteiger partial charge is 0.382 e. The fourth-order valence-corrected chi connectivity index (χ4v) is 3.59. The summed E-state index contributed by atoms with van der Waals surface area (Å²) in [6.45, 7) is 0. The number of nitrogens with zero attached hydrogens (tertiary/aromatic N) is 1. The molecule has 3 nitrogen and oxygen atoms in total. The van der Waals surface area contributed by atoms with Crippen LogP contribution < -0.4 is 5.73 Å². The quantitative estimate of drug-likeness (QED) is 0.567. The van der Waals surface area contributed by atoms with Gasteiger partial charge in [0.05, 0.1) is 11.3 Å². The summed E-state index contributed by atoms with van der Waals surface area (Å²) < 4.78 is 1.95. The van der Waals surface area contributed by atoms with Crippen LogP contribution in [0, 0.1) is 0 Å². The number of halogens is 3. The van der Waals surface area contributed by atoms with Crippen LogP contribution in [0.15, 0.2) is 51.4 Å². The summed E-state index contributed by atoms with van der Waals surface area (Å²) in [4.78, 5) is 0. The van der Waals surface area contributed by atoms with E-state index in [2.05, 4.69) is 42.1 Å². The van der Waals surface area contributed by atoms with E-state index in [9.17, 15) is 0 Å². The van der Waals surface area contributed by atoms with Crippen LogP contribution in [0.3, 0.4) is 0 Å². The molecule has 0 spiro atoms. The molecule has 0 saturated heterocycles. The highest BCUT2D eigenvalue weighted by molar-refractivity contribution is 9.11. The third kappa shape index (κ3) is 3.00. The van der Waals surface area contributed by atoms with E-state index >= 15 is 0 Å². The molecule has 0 saturated carbocycles. The minimum absolute atomic E-state index is 0.462. The van der Waals surface area contributed by atoms with Crippen molar-refractivity contribution in [3.8, 4) is 22.4 Å². The normalized spacial score (nSPS) is 10.8. The van der Waals surface area contributed by atoms with Gasteiger partial charge in [0.15, 0.2) is 5.82 Å². The Morgan fingerprint density at radius 2 is 1.57 bits per heavy atom. The third-order valence-electron chi connectivity index (χ3n) is 3.08. The first-order valence-electron chi connectivity index (χ1n) is 6.11. The lowest BCUT2D eigenvalue weighted by molar-refractivity contribution is 1.10. The number of H-pyrrole nitrogens is 1. The topological polar surface area (TPSA) is 54.7 Å². The summed E-state index contributed by atoms with van der Waals surface area (Å²) in [5.74, 6) is 0.462. The lowest BCUT2D eigenvalue weighted by Crippen LogP contribution is -1.89. The fourth-order valence-electron chi connectivity index (χ4n) is 2.17. The lowest BCUT2D eigenvalue weighted by Gasteiger charge is -2.06. The van der Waals surface area contributed by atoms with Crippen molar-refractivity contribution in [3.05, 3.63) is 56.4 Å². The molecular weight excluding hydrogens is 417 g/mol. The van der Waals surface area contributed by atoms with Gasteiger partial charge in [-0.25, -0.2) is 0 Å². The minimum atomic E-state index is 0.462. The van der Waals surface area contributed by atoms with Gasteiger partial charge < -0.3 is 5.73 Å². The van der Waals surface area contributed by atoms with Crippen LogP contribution in [0.5, 0.6) is 0 Å². The second-order valence-corrected chi connectivity index (χ2v) is 6.79. The van der Waals surface area contributed by atoms with Crippen LogP contribution in [0.1, 0.15) is 0 Å². The van der Waals surface area contributed by atoms with Gasteiger partial charge in [-0.1, -0.05) is 55.6 Å². The lowest BCUT2D eigenvalue weighted by atomic mass is 10.0. The molecule has 0 radical (unpaired) electrons. The molecule has 3 N–H and O–H groups in total. The summed E-state index contributed by atoms with van der Waals surface area (Å²) in [6, 6.07) is 13.5. The Morgan fingerprint density at radius 3 is 2.19 bits per heavy atom. The van der Waals surface area contributed by atoms with Crippen LogP contribution in [-0.2, 0) is 0 Å². The Balaban J connectivity index is 2.19. The molecule has 0 aliphatic rings. The van der Waals surface area contributed by atoms with Gasteiger partial charge in [-0.3, -0.25) is 5.10 Å². The van der Waals surface area contributed by atoms with Crippen molar-refractivity contribution in [2.45, 2.75) is 0 Å². The van der Waals surface area contributed by atoms with Crippen molar-refractivity contribution in [3.63, 3.8) is 0 Å². The highest BCUT2D eigenvalue weighted by Crippen LogP contribution is 2.37. The third-order valence-corrected chi connectivity index (χ3v) is 4.25. The first-order valence-corrected chi connectivity index (χ1v) is 8.07. The highest BCUT2D eigenvalue weighted by Gasteiger charge is 2.15. The van der Waals surface area contributed by atoms with Gasteiger partial charge in [-0.05, 0) is 35.9 Å². The van der Waals surface area contributed by atoms with Gasteiger partial charge in [-0.15, -0.1) is 0 Å². The molecule has 3 rings (SSSR count). The molecule has 6 heteroatoms. The number of aromatic amines is 1. The summed E-state index contributed by atoms with van der Waals surface area (Å²) >= 11 is 12.9. The predicted octanol–water partition coefficient (Wildman–Crippen LogP) is 5.50. The number of nitrogens with one attached hydrogen (secondary N) is 1. The fraction of sp³-hybridized carbons (Fsp3) is 0. The van der Waals surface area contributed by atoms with Crippen molar-refractivity contribution in [2.75, 3.05) is 5.73 Å². The van der Waals surface area contributed by atoms with Gasteiger partial charge in [0.25, 0.3) is 0 Å². The zero-order chi connectivity index (χ0) is 15.0. The Morgan fingerprint density at radius 1 is 0.952 bits per heavy atom. The Hall–Kier alpha value is -1.30. The van der Waals surface area contributed by atoms with E-state index in [1.807, 2.05) is 42.5 Å². The zero-order valence-electron chi connectivity index (χ0n) is 10.7. The average molecular weight is 428 g/mol. The van der Waals surface area contributed by atoms with E-state index in [0.29, 0.717) is 10.8 Å². The Labute approximate surface area is 143 Å². The molecule has 0 fully saturated rings. The van der Waals surface area contributed by atoms with Crippen molar-refractivity contribution in [1.29, 1.82) is 0 Å². The van der Waals surface area contributed by atoms with Crippen LogP contribution in [0.4, 0.5) is 5.82 Å². The number of aromatic nitrogens is 2. The van der Waals surface area contributed by atoms with Gasteiger partial charge in [-0.2, -0.15) is 5.10 Å². The molecular formula is C15H10Br2ClN3. The van der Waals surface area contributed by atoms with E-state index in [0.717, 1.165) is 31.3 Å². The second kappa shape index (κ2) is 5.83. The summed E-state index contributed by atoms with van der Waals surface area (Å²) in [5.41, 5.74) is 9.73. The summed E-state index contributed by atoms with van der Waals surface area (Å²) in [7, 11) is 0. The van der Waals surface area contributed by atoms with E-state index in [1.165, 1.54) is 0 Å². The molecule has 106 valence electrons. The van der Waals surface area contributed by atoms with Gasteiger partial charge in [0.1, 0.15) is 0 Å². The molecule has 1 aromatic heterocycles. The van der Waals surface area contributed by atoms with Crippen LogP contribution in [-0.4, -0.2) is 10.2 Å². The van der Waals surface area contributed by atoms with E-state index in [1.54, 1.807) is 0 Å². The maximum Gasteiger partial charge on any atom is 0.153 e. The smallest absolute Gasteiger partial charge is 0.153 e. The molecule has 0 amide bonds. The van der Waals surface area contributed by atoms with Crippen LogP contribution in [0.2, 0.25) is 5.02 Å². The monoisotopic (exact) mass is 425 g/mol. The summed E-state index contributed by atoms with van der Waals surface area (Å²) in [6.07, 6.45) is 0. The number of hydrogen-bond acceptors (Lipinski definition) is 2. The molecule has 3 aromatic rings. The second-order valence-electron chi connectivity index (χ2n) is 4.52. The Kier molecular flexibility index (Phi) is 4.06. The van der Waals surface area contributed by atoms with E-state index in [-0.39, 0.29) is 0 Å². The maximum absolute atomic E-state index is 6.03. The average Bonchev–Trinajstić information content (AvgIpc) is 2.80. The maximum atomic E-state index is 6.03. The molecule has 0 bridgehead atoms. The van der Waals surface area contributed by atoms with E-state index < -0.39 is 0 Å². The molecule has 21 heavy (non-hydrogen) atoms. The van der Waals surface area contributed by atoms with Crippen molar-refractivity contribution in [2.24, 2.45) is 0 Å². The van der Waals surface area contributed by atoms with Crippen LogP contribution in [0.25, 0.3) is 22.4 Å². The number of hydrogen-bond donors (Lipinski definition) is 2. The number of nitrogens with two attached hydrogens (primary N) is 1. The predicted molar refractivity (Wildman–Crippen MR) is 94.3 cm³/mol. The van der Waals surface area contributed by atoms with Gasteiger partial charge in [0.2, 0.25) is 0 Å². The molecule has 0 aliphatic carbocycles. The van der Waals surface area contributed by atoms with E-state index in [4.69, 9.17) is 17.3 Å². The zero-order valence-corrected chi connectivity index (χ0v) is 14.6. The first-order chi connectivity index (χ1) is 10.0. The summed E-state index contributed by atoms with van der Waals surface area (Å²) in [5, 5.41) is 7.84. The number of rotatable bonds is 2.